The number of pyridine rings is 1. The van der Waals surface area contributed by atoms with Gasteiger partial charge in [-0.3, -0.25) is 4.79 Å². The van der Waals surface area contributed by atoms with Crippen LogP contribution in [0.25, 0.3) is 16.7 Å². The van der Waals surface area contributed by atoms with Crippen LogP contribution >= 0.6 is 0 Å². The number of nitrogens with zero attached hydrogens (tertiary/aromatic N) is 3. The highest BCUT2D eigenvalue weighted by Crippen LogP contribution is 2.16. The first-order valence-electron chi connectivity index (χ1n) is 8.27. The van der Waals surface area contributed by atoms with E-state index in [-0.39, 0.29) is 18.4 Å². The summed E-state index contributed by atoms with van der Waals surface area (Å²) in [5.74, 6) is 0.694. The predicted octanol–water partition coefficient (Wildman–Crippen LogP) is 2.94. The summed E-state index contributed by atoms with van der Waals surface area (Å²) in [6.45, 7) is 3.93. The van der Waals surface area contributed by atoms with E-state index in [4.69, 9.17) is 0 Å². The number of carbonyl (C=O) groups excluding carboxylic acids is 1. The lowest BCUT2D eigenvalue weighted by atomic mass is 10.2. The number of H-pyrrole nitrogens is 1. The highest BCUT2D eigenvalue weighted by molar-refractivity contribution is 5.79. The molecule has 4 rings (SSSR count). The largest absolute Gasteiger partial charge is 0.346 e. The molecule has 126 valence electrons. The Balaban J connectivity index is 1.50. The van der Waals surface area contributed by atoms with E-state index in [1.54, 1.807) is 6.20 Å². The number of benzene rings is 1. The van der Waals surface area contributed by atoms with Crippen LogP contribution < -0.4 is 5.32 Å². The van der Waals surface area contributed by atoms with Gasteiger partial charge in [-0.25, -0.2) is 9.97 Å². The molecule has 0 saturated heterocycles. The van der Waals surface area contributed by atoms with E-state index in [9.17, 15) is 4.79 Å². The van der Waals surface area contributed by atoms with E-state index in [2.05, 4.69) is 20.3 Å². The molecule has 0 radical (unpaired) electrons. The van der Waals surface area contributed by atoms with Crippen LogP contribution in [0.1, 0.15) is 30.0 Å². The Morgan fingerprint density at radius 3 is 2.96 bits per heavy atom. The van der Waals surface area contributed by atoms with Gasteiger partial charge in [0.25, 0.3) is 0 Å². The molecule has 2 N–H and O–H groups in total. The summed E-state index contributed by atoms with van der Waals surface area (Å²) in [5.41, 5.74) is 4.71. The van der Waals surface area contributed by atoms with Crippen molar-refractivity contribution in [1.82, 2.24) is 24.7 Å². The van der Waals surface area contributed by atoms with Crippen LogP contribution in [0.2, 0.25) is 0 Å². The Kier molecular flexibility index (Phi) is 3.72. The van der Waals surface area contributed by atoms with Gasteiger partial charge in [0.15, 0.2) is 0 Å². The number of aryl methyl sites for hydroxylation is 1. The number of nitrogens with one attached hydrogen (secondary N) is 2. The van der Waals surface area contributed by atoms with E-state index < -0.39 is 0 Å². The topological polar surface area (TPSA) is 75.1 Å². The van der Waals surface area contributed by atoms with Gasteiger partial charge in [0.1, 0.15) is 11.5 Å². The molecule has 0 aliphatic heterocycles. The van der Waals surface area contributed by atoms with Crippen molar-refractivity contribution in [3.63, 3.8) is 0 Å². The lowest BCUT2D eigenvalue weighted by molar-refractivity contribution is -0.121. The normalized spacial score (nSPS) is 12.6. The number of carbonyl (C=O) groups is 1. The molecule has 0 unspecified atom stereocenters. The Morgan fingerprint density at radius 1 is 1.28 bits per heavy atom. The second-order valence-electron chi connectivity index (χ2n) is 6.24. The molecule has 6 nitrogen and oxygen atoms in total. The van der Waals surface area contributed by atoms with Crippen molar-refractivity contribution < 1.29 is 4.79 Å². The number of hydrogen-bond acceptors (Lipinski definition) is 3. The zero-order valence-corrected chi connectivity index (χ0v) is 14.2. The maximum atomic E-state index is 12.4. The molecule has 4 aromatic rings. The third-order valence-electron chi connectivity index (χ3n) is 4.34. The fraction of sp³-hybridized carbons (Fsp3) is 0.211. The van der Waals surface area contributed by atoms with Crippen LogP contribution in [-0.4, -0.2) is 25.3 Å². The van der Waals surface area contributed by atoms with E-state index in [0.717, 1.165) is 33.8 Å². The van der Waals surface area contributed by atoms with Gasteiger partial charge in [-0.2, -0.15) is 0 Å². The summed E-state index contributed by atoms with van der Waals surface area (Å²) in [6.07, 6.45) is 3.96. The lowest BCUT2D eigenvalue weighted by Gasteiger charge is -2.11. The van der Waals surface area contributed by atoms with Crippen molar-refractivity contribution in [3.05, 3.63) is 65.9 Å². The molecule has 1 amide bonds. The quantitative estimate of drug-likeness (QED) is 0.603. The van der Waals surface area contributed by atoms with E-state index in [0.29, 0.717) is 0 Å². The first-order chi connectivity index (χ1) is 12.1. The molecule has 1 aromatic carbocycles. The van der Waals surface area contributed by atoms with E-state index in [1.807, 2.05) is 60.8 Å². The van der Waals surface area contributed by atoms with Crippen molar-refractivity contribution in [3.8, 4) is 0 Å². The standard InChI is InChI=1S/C19H19N5O/c1-12-6-5-9-24-14(11-20-19(12)24)10-17(25)21-13(2)18-22-15-7-3-4-8-16(15)23-18/h3-9,11,13H,10H2,1-2H3,(H,21,25)(H,22,23)/t13-/m0/s1. The Bertz CT molecular complexity index is 1030. The van der Waals surface area contributed by atoms with Crippen LogP contribution in [-0.2, 0) is 11.2 Å². The van der Waals surface area contributed by atoms with Gasteiger partial charge in [-0.05, 0) is 37.6 Å². The summed E-state index contributed by atoms with van der Waals surface area (Å²) in [7, 11) is 0. The van der Waals surface area contributed by atoms with Gasteiger partial charge in [0, 0.05) is 12.4 Å². The highest BCUT2D eigenvalue weighted by atomic mass is 16.1. The Hall–Kier alpha value is -3.15. The first kappa shape index (κ1) is 15.4. The average Bonchev–Trinajstić information content (AvgIpc) is 3.20. The summed E-state index contributed by atoms with van der Waals surface area (Å²) < 4.78 is 1.96. The lowest BCUT2D eigenvalue weighted by Crippen LogP contribution is -2.29. The van der Waals surface area contributed by atoms with Crippen LogP contribution in [0.5, 0.6) is 0 Å². The molecular formula is C19H19N5O. The highest BCUT2D eigenvalue weighted by Gasteiger charge is 2.15. The smallest absolute Gasteiger partial charge is 0.226 e. The predicted molar refractivity (Wildman–Crippen MR) is 96.3 cm³/mol. The van der Waals surface area contributed by atoms with Crippen molar-refractivity contribution in [2.75, 3.05) is 0 Å². The maximum Gasteiger partial charge on any atom is 0.226 e. The molecule has 1 atom stereocenters. The van der Waals surface area contributed by atoms with Crippen LogP contribution in [0.4, 0.5) is 0 Å². The van der Waals surface area contributed by atoms with Gasteiger partial charge in [-0.1, -0.05) is 18.2 Å². The Morgan fingerprint density at radius 2 is 2.12 bits per heavy atom. The number of amides is 1. The third-order valence-corrected chi connectivity index (χ3v) is 4.34. The first-order valence-corrected chi connectivity index (χ1v) is 8.27. The third kappa shape index (κ3) is 2.87. The van der Waals surface area contributed by atoms with Crippen LogP contribution in [0.3, 0.4) is 0 Å². The number of imidazole rings is 2. The second-order valence-corrected chi connectivity index (χ2v) is 6.24. The van der Waals surface area contributed by atoms with Crippen LogP contribution in [0.15, 0.2) is 48.8 Å². The number of fused-ring (bicyclic) bond motifs is 2. The summed E-state index contributed by atoms with van der Waals surface area (Å²) in [6, 6.07) is 11.6. The fourth-order valence-electron chi connectivity index (χ4n) is 3.04. The molecule has 0 spiro atoms. The SMILES string of the molecule is Cc1cccn2c(CC(=O)N[C@@H](C)c3nc4ccccc4[nH]3)cnc12. The molecule has 3 aromatic heterocycles. The zero-order valence-electron chi connectivity index (χ0n) is 14.2. The minimum Gasteiger partial charge on any atom is -0.346 e. The van der Waals surface area contributed by atoms with Gasteiger partial charge in [0.05, 0.1) is 29.2 Å². The minimum atomic E-state index is -0.194. The van der Waals surface area contributed by atoms with Crippen molar-refractivity contribution in [2.24, 2.45) is 0 Å². The number of hydrogen-bond donors (Lipinski definition) is 2. The van der Waals surface area contributed by atoms with Crippen molar-refractivity contribution in [1.29, 1.82) is 0 Å². The minimum absolute atomic E-state index is 0.0590. The maximum absolute atomic E-state index is 12.4. The second kappa shape index (κ2) is 6.05. The van der Waals surface area contributed by atoms with E-state index in [1.165, 1.54) is 0 Å². The Labute approximate surface area is 144 Å². The molecular weight excluding hydrogens is 314 g/mol. The number of rotatable bonds is 4. The molecule has 0 fully saturated rings. The molecule has 0 saturated carbocycles. The number of para-hydroxylation sites is 2. The molecule has 3 heterocycles. The summed E-state index contributed by atoms with van der Waals surface area (Å²) in [5, 5.41) is 3.00. The fourth-order valence-corrected chi connectivity index (χ4v) is 3.04. The molecule has 0 aliphatic carbocycles. The van der Waals surface area contributed by atoms with Crippen molar-refractivity contribution >= 4 is 22.6 Å². The number of aromatic amines is 1. The van der Waals surface area contributed by atoms with Gasteiger partial charge >= 0.3 is 0 Å². The zero-order chi connectivity index (χ0) is 17.4. The van der Waals surface area contributed by atoms with Crippen molar-refractivity contribution in [2.45, 2.75) is 26.3 Å². The monoisotopic (exact) mass is 333 g/mol. The molecule has 0 aliphatic rings. The number of aromatic nitrogens is 4. The summed E-state index contributed by atoms with van der Waals surface area (Å²) >= 11 is 0. The van der Waals surface area contributed by atoms with E-state index >= 15 is 0 Å². The molecule has 25 heavy (non-hydrogen) atoms. The van der Waals surface area contributed by atoms with Gasteiger partial charge in [0.2, 0.25) is 5.91 Å². The van der Waals surface area contributed by atoms with Gasteiger partial charge < -0.3 is 14.7 Å². The molecule has 6 heteroatoms. The summed E-state index contributed by atoms with van der Waals surface area (Å²) in [4.78, 5) is 24.6. The average molecular weight is 333 g/mol. The van der Waals surface area contributed by atoms with Gasteiger partial charge in [-0.15, -0.1) is 0 Å². The van der Waals surface area contributed by atoms with Crippen LogP contribution in [0, 0.1) is 6.92 Å². The molecule has 0 bridgehead atoms.